The van der Waals surface area contributed by atoms with Gasteiger partial charge in [0.15, 0.2) is 0 Å². The normalized spacial score (nSPS) is 24.8. The highest BCUT2D eigenvalue weighted by atomic mass is 35.5. The summed E-state index contributed by atoms with van der Waals surface area (Å²) in [7, 11) is 1.65. The topological polar surface area (TPSA) is 59.6 Å². The Bertz CT molecular complexity index is 309. The molecule has 2 N–H and O–H groups in total. The van der Waals surface area contributed by atoms with E-state index in [0.29, 0.717) is 25.2 Å². The van der Waals surface area contributed by atoms with Gasteiger partial charge in [-0.05, 0) is 44.7 Å². The van der Waals surface area contributed by atoms with Crippen molar-refractivity contribution in [3.63, 3.8) is 0 Å². The minimum absolute atomic E-state index is 0. The van der Waals surface area contributed by atoms with E-state index in [1.165, 1.54) is 0 Å². The molecule has 1 saturated carbocycles. The molecule has 20 heavy (non-hydrogen) atoms. The molecule has 2 rings (SSSR count). The Morgan fingerprint density at radius 1 is 1.40 bits per heavy atom. The fraction of sp³-hybridized carbons (Fsp3) is 0.929. The molecule has 1 amide bonds. The van der Waals surface area contributed by atoms with E-state index in [1.54, 1.807) is 7.11 Å². The number of nitrogens with one attached hydrogen (secondary N) is 2. The highest BCUT2D eigenvalue weighted by Gasteiger charge is 2.57. The fourth-order valence-corrected chi connectivity index (χ4v) is 2.98. The summed E-state index contributed by atoms with van der Waals surface area (Å²) in [5, 5.41) is 6.42. The average Bonchev–Trinajstić information content (AvgIpc) is 3.09. The number of hydrogen-bond donors (Lipinski definition) is 2. The van der Waals surface area contributed by atoms with E-state index >= 15 is 0 Å². The van der Waals surface area contributed by atoms with Crippen LogP contribution in [0.1, 0.15) is 26.2 Å². The predicted molar refractivity (Wildman–Crippen MR) is 80.2 cm³/mol. The Balaban J connectivity index is 0.00000200. The van der Waals surface area contributed by atoms with Crippen molar-refractivity contribution in [1.82, 2.24) is 10.6 Å². The monoisotopic (exact) mass is 306 g/mol. The first-order valence-electron chi connectivity index (χ1n) is 7.26. The third-order valence-electron chi connectivity index (χ3n) is 4.29. The summed E-state index contributed by atoms with van der Waals surface area (Å²) in [6.07, 6.45) is 3.35. The Morgan fingerprint density at radius 3 is 2.75 bits per heavy atom. The zero-order valence-corrected chi connectivity index (χ0v) is 13.3. The van der Waals surface area contributed by atoms with Gasteiger partial charge in [-0.25, -0.2) is 0 Å². The minimum Gasteiger partial charge on any atom is -0.382 e. The van der Waals surface area contributed by atoms with E-state index in [1.807, 2.05) is 6.92 Å². The molecule has 2 atom stereocenters. The van der Waals surface area contributed by atoms with Gasteiger partial charge >= 0.3 is 0 Å². The summed E-state index contributed by atoms with van der Waals surface area (Å²) < 4.78 is 10.3. The summed E-state index contributed by atoms with van der Waals surface area (Å²) in [6.45, 7) is 5.83. The zero-order chi connectivity index (χ0) is 13.7. The van der Waals surface area contributed by atoms with Gasteiger partial charge in [-0.2, -0.15) is 0 Å². The second-order valence-electron chi connectivity index (χ2n) is 5.85. The second kappa shape index (κ2) is 8.17. The molecule has 1 aliphatic carbocycles. The number of methoxy groups -OCH3 is 1. The summed E-state index contributed by atoms with van der Waals surface area (Å²) >= 11 is 0. The van der Waals surface area contributed by atoms with Crippen LogP contribution in [-0.2, 0) is 14.3 Å². The third-order valence-corrected chi connectivity index (χ3v) is 4.29. The first-order valence-corrected chi connectivity index (χ1v) is 7.26. The molecule has 6 heteroatoms. The Labute approximate surface area is 127 Å². The summed E-state index contributed by atoms with van der Waals surface area (Å²) in [5.74, 6) is 0.445. The molecule has 2 fully saturated rings. The summed E-state index contributed by atoms with van der Waals surface area (Å²) in [4.78, 5) is 12.2. The minimum atomic E-state index is 0. The first kappa shape index (κ1) is 17.7. The van der Waals surface area contributed by atoms with Crippen LogP contribution in [0.15, 0.2) is 0 Å². The van der Waals surface area contributed by atoms with Crippen molar-refractivity contribution in [2.45, 2.75) is 32.2 Å². The van der Waals surface area contributed by atoms with Gasteiger partial charge in [0, 0.05) is 19.1 Å². The number of amides is 1. The smallest absolute Gasteiger partial charge is 0.223 e. The lowest BCUT2D eigenvalue weighted by Gasteiger charge is -2.23. The molecule has 0 radical (unpaired) electrons. The Morgan fingerprint density at radius 2 is 2.10 bits per heavy atom. The molecule has 0 aromatic heterocycles. The Hall–Kier alpha value is -0.360. The van der Waals surface area contributed by atoms with E-state index in [-0.39, 0.29) is 30.3 Å². The van der Waals surface area contributed by atoms with E-state index in [9.17, 15) is 4.79 Å². The lowest BCUT2D eigenvalue weighted by molar-refractivity contribution is -0.124. The van der Waals surface area contributed by atoms with Gasteiger partial charge in [-0.15, -0.1) is 12.4 Å². The van der Waals surface area contributed by atoms with Crippen molar-refractivity contribution in [2.75, 3.05) is 40.0 Å². The van der Waals surface area contributed by atoms with Gasteiger partial charge in [0.2, 0.25) is 5.91 Å². The lowest BCUT2D eigenvalue weighted by atomic mass is 9.91. The van der Waals surface area contributed by atoms with Crippen LogP contribution in [0, 0.1) is 11.3 Å². The molecule has 0 bridgehead atoms. The number of piperidine rings is 1. The molecular formula is C14H27ClN2O3. The van der Waals surface area contributed by atoms with Crippen molar-refractivity contribution >= 4 is 18.3 Å². The predicted octanol–water partition coefficient (Wildman–Crippen LogP) is 0.966. The molecule has 1 heterocycles. The van der Waals surface area contributed by atoms with Gasteiger partial charge in [0.05, 0.1) is 19.8 Å². The molecule has 1 saturated heterocycles. The highest BCUT2D eigenvalue weighted by Crippen LogP contribution is 2.58. The van der Waals surface area contributed by atoms with Gasteiger partial charge in [-0.1, -0.05) is 0 Å². The number of carbonyl (C=O) groups is 1. The molecule has 1 spiro atoms. The standard InChI is InChI=1S/C14H26N2O3.ClH/c1-11(10-19-8-7-18-2)16-13(17)12-9-14(12)3-5-15-6-4-14;/h11-12,15H,3-10H2,1-2H3,(H,16,17);1H. The second-order valence-corrected chi connectivity index (χ2v) is 5.85. The van der Waals surface area contributed by atoms with Crippen LogP contribution in [0.4, 0.5) is 0 Å². The molecule has 118 valence electrons. The third kappa shape index (κ3) is 4.58. The molecule has 0 aromatic carbocycles. The van der Waals surface area contributed by atoms with Crippen molar-refractivity contribution < 1.29 is 14.3 Å². The summed E-state index contributed by atoms with van der Waals surface area (Å²) in [5.41, 5.74) is 0.311. The number of halogens is 1. The van der Waals surface area contributed by atoms with Crippen LogP contribution in [0.2, 0.25) is 0 Å². The van der Waals surface area contributed by atoms with Crippen LogP contribution < -0.4 is 10.6 Å². The van der Waals surface area contributed by atoms with Crippen LogP contribution in [0.3, 0.4) is 0 Å². The molecule has 2 aliphatic rings. The van der Waals surface area contributed by atoms with E-state index < -0.39 is 0 Å². The molecule has 0 aromatic rings. The SMILES string of the molecule is COCCOCC(C)NC(=O)C1CC12CCNCC2.Cl. The largest absolute Gasteiger partial charge is 0.382 e. The van der Waals surface area contributed by atoms with Crippen LogP contribution in [0.5, 0.6) is 0 Å². The fourth-order valence-electron chi connectivity index (χ4n) is 2.98. The van der Waals surface area contributed by atoms with Crippen molar-refractivity contribution in [3.05, 3.63) is 0 Å². The van der Waals surface area contributed by atoms with Crippen LogP contribution in [0.25, 0.3) is 0 Å². The Kier molecular flexibility index (Phi) is 7.23. The number of carbonyl (C=O) groups excluding carboxylic acids is 1. The molecule has 1 aliphatic heterocycles. The maximum atomic E-state index is 12.2. The highest BCUT2D eigenvalue weighted by molar-refractivity contribution is 5.85. The van der Waals surface area contributed by atoms with Crippen molar-refractivity contribution in [1.29, 1.82) is 0 Å². The average molecular weight is 307 g/mol. The molecule has 2 unspecified atom stereocenters. The van der Waals surface area contributed by atoms with Crippen molar-refractivity contribution in [3.8, 4) is 0 Å². The van der Waals surface area contributed by atoms with Crippen LogP contribution in [-0.4, -0.2) is 52.0 Å². The lowest BCUT2D eigenvalue weighted by Crippen LogP contribution is -2.39. The zero-order valence-electron chi connectivity index (χ0n) is 12.4. The van der Waals surface area contributed by atoms with E-state index in [2.05, 4.69) is 10.6 Å². The van der Waals surface area contributed by atoms with Gasteiger partial charge in [0.25, 0.3) is 0 Å². The van der Waals surface area contributed by atoms with Gasteiger partial charge < -0.3 is 20.1 Å². The van der Waals surface area contributed by atoms with Crippen molar-refractivity contribution in [2.24, 2.45) is 11.3 Å². The summed E-state index contributed by atoms with van der Waals surface area (Å²) in [6, 6.07) is 0.0729. The maximum absolute atomic E-state index is 12.2. The van der Waals surface area contributed by atoms with Crippen LogP contribution >= 0.6 is 12.4 Å². The number of ether oxygens (including phenoxy) is 2. The molecule has 5 nitrogen and oxygen atoms in total. The maximum Gasteiger partial charge on any atom is 0.223 e. The van der Waals surface area contributed by atoms with E-state index in [4.69, 9.17) is 9.47 Å². The van der Waals surface area contributed by atoms with E-state index in [0.717, 1.165) is 32.4 Å². The quantitative estimate of drug-likeness (QED) is 0.688. The molecular weight excluding hydrogens is 280 g/mol. The number of rotatable bonds is 7. The first-order chi connectivity index (χ1) is 9.18. The van der Waals surface area contributed by atoms with Gasteiger partial charge in [0.1, 0.15) is 0 Å². The number of hydrogen-bond acceptors (Lipinski definition) is 4. The van der Waals surface area contributed by atoms with Gasteiger partial charge in [-0.3, -0.25) is 4.79 Å².